The summed E-state index contributed by atoms with van der Waals surface area (Å²) in [6.45, 7) is -0.00280. The molecule has 1 aromatic rings. The first-order chi connectivity index (χ1) is 5.75. The van der Waals surface area contributed by atoms with Crippen molar-refractivity contribution >= 4 is 0 Å². The van der Waals surface area contributed by atoms with Crippen LogP contribution in [0.3, 0.4) is 0 Å². The highest BCUT2D eigenvalue weighted by molar-refractivity contribution is 5.27. The minimum absolute atomic E-state index is 0.00280. The zero-order valence-electron chi connectivity index (χ0n) is 6.64. The Morgan fingerprint density at radius 1 is 1.58 bits per heavy atom. The number of aliphatic hydroxyl groups is 1. The van der Waals surface area contributed by atoms with Gasteiger partial charge in [0.1, 0.15) is 5.75 Å². The molecule has 4 nitrogen and oxygen atoms in total. The molecule has 0 aromatic carbocycles. The van der Waals surface area contributed by atoms with Crippen LogP contribution in [0.2, 0.25) is 0 Å². The quantitative estimate of drug-likeness (QED) is 0.601. The van der Waals surface area contributed by atoms with Crippen molar-refractivity contribution in [3.8, 4) is 5.75 Å². The smallest absolute Gasteiger partial charge is 0.138 e. The summed E-state index contributed by atoms with van der Waals surface area (Å²) in [5.74, 6) is 0.0819. The normalized spacial score (nSPS) is 12.8. The van der Waals surface area contributed by atoms with Crippen molar-refractivity contribution in [2.75, 3.05) is 6.61 Å². The third-order valence-corrected chi connectivity index (χ3v) is 1.61. The highest BCUT2D eigenvalue weighted by Crippen LogP contribution is 2.20. The van der Waals surface area contributed by atoms with E-state index in [1.54, 1.807) is 12.3 Å². The van der Waals surface area contributed by atoms with Gasteiger partial charge in [-0.3, -0.25) is 4.98 Å². The molecule has 12 heavy (non-hydrogen) atoms. The SMILES string of the molecule is N[C@@H](CCO)c1ncccc1O. The van der Waals surface area contributed by atoms with Crippen LogP contribution in [0, 0.1) is 0 Å². The number of rotatable bonds is 3. The third-order valence-electron chi connectivity index (χ3n) is 1.61. The fraction of sp³-hybridized carbons (Fsp3) is 0.375. The van der Waals surface area contributed by atoms with E-state index in [0.29, 0.717) is 12.1 Å². The van der Waals surface area contributed by atoms with Crippen molar-refractivity contribution in [2.24, 2.45) is 5.73 Å². The summed E-state index contributed by atoms with van der Waals surface area (Å²) < 4.78 is 0. The molecule has 0 radical (unpaired) electrons. The lowest BCUT2D eigenvalue weighted by molar-refractivity contribution is 0.274. The maximum atomic E-state index is 9.28. The lowest BCUT2D eigenvalue weighted by Gasteiger charge is -2.09. The molecule has 0 amide bonds. The van der Waals surface area contributed by atoms with Gasteiger partial charge in [0.05, 0.1) is 11.7 Å². The van der Waals surface area contributed by atoms with Gasteiger partial charge in [-0.2, -0.15) is 0 Å². The van der Waals surface area contributed by atoms with E-state index >= 15 is 0 Å². The topological polar surface area (TPSA) is 79.4 Å². The van der Waals surface area contributed by atoms with Gasteiger partial charge in [0.2, 0.25) is 0 Å². The van der Waals surface area contributed by atoms with Crippen LogP contribution in [0.1, 0.15) is 18.2 Å². The van der Waals surface area contributed by atoms with Crippen LogP contribution in [0.5, 0.6) is 5.75 Å². The van der Waals surface area contributed by atoms with Gasteiger partial charge in [0.25, 0.3) is 0 Å². The number of nitrogens with two attached hydrogens (primary N) is 1. The van der Waals surface area contributed by atoms with Crippen molar-refractivity contribution in [2.45, 2.75) is 12.5 Å². The third kappa shape index (κ3) is 1.93. The number of aromatic nitrogens is 1. The summed E-state index contributed by atoms with van der Waals surface area (Å²) in [6.07, 6.45) is 1.97. The number of pyridine rings is 1. The Morgan fingerprint density at radius 3 is 2.92 bits per heavy atom. The molecule has 66 valence electrons. The van der Waals surface area contributed by atoms with Crippen LogP contribution in [0.15, 0.2) is 18.3 Å². The monoisotopic (exact) mass is 168 g/mol. The van der Waals surface area contributed by atoms with Gasteiger partial charge < -0.3 is 15.9 Å². The molecule has 0 aliphatic heterocycles. The van der Waals surface area contributed by atoms with Crippen LogP contribution in [-0.2, 0) is 0 Å². The Balaban J connectivity index is 2.79. The summed E-state index contributed by atoms with van der Waals surface area (Å²) in [4.78, 5) is 3.91. The fourth-order valence-electron chi connectivity index (χ4n) is 0.971. The standard InChI is InChI=1S/C8H12N2O2/c9-6(3-5-11)8-7(12)2-1-4-10-8/h1-2,4,6,11-12H,3,5,9H2/t6-/m0/s1. The minimum atomic E-state index is -0.392. The van der Waals surface area contributed by atoms with Gasteiger partial charge >= 0.3 is 0 Å². The molecule has 0 aliphatic carbocycles. The van der Waals surface area contributed by atoms with Gasteiger partial charge in [0.15, 0.2) is 0 Å². The molecular weight excluding hydrogens is 156 g/mol. The molecule has 0 fully saturated rings. The second-order valence-electron chi connectivity index (χ2n) is 2.53. The molecule has 0 bridgehead atoms. The van der Waals surface area contributed by atoms with E-state index in [1.807, 2.05) is 0 Å². The van der Waals surface area contributed by atoms with E-state index in [9.17, 15) is 5.11 Å². The van der Waals surface area contributed by atoms with Crippen LogP contribution in [-0.4, -0.2) is 21.8 Å². The number of hydrogen-bond donors (Lipinski definition) is 3. The molecule has 0 unspecified atom stereocenters. The van der Waals surface area contributed by atoms with Crippen molar-refractivity contribution in [3.05, 3.63) is 24.0 Å². The molecule has 1 heterocycles. The van der Waals surface area contributed by atoms with E-state index in [1.165, 1.54) is 6.07 Å². The molecule has 1 rings (SSSR count). The van der Waals surface area contributed by atoms with Crippen LogP contribution in [0.4, 0.5) is 0 Å². The van der Waals surface area contributed by atoms with Crippen LogP contribution in [0.25, 0.3) is 0 Å². The van der Waals surface area contributed by atoms with Crippen molar-refractivity contribution in [1.29, 1.82) is 0 Å². The summed E-state index contributed by atoms with van der Waals surface area (Å²) in [6, 6.07) is 2.76. The Morgan fingerprint density at radius 2 is 2.33 bits per heavy atom. The molecule has 4 heteroatoms. The molecule has 1 aromatic heterocycles. The first-order valence-corrected chi connectivity index (χ1v) is 3.76. The molecule has 0 aliphatic rings. The van der Waals surface area contributed by atoms with Gasteiger partial charge in [-0.05, 0) is 18.6 Å². The maximum absolute atomic E-state index is 9.28. The Hall–Kier alpha value is -1.13. The Labute approximate surface area is 70.7 Å². The van der Waals surface area contributed by atoms with Gasteiger partial charge in [-0.15, -0.1) is 0 Å². The average Bonchev–Trinajstić information content (AvgIpc) is 2.05. The second kappa shape index (κ2) is 4.04. The molecule has 1 atom stereocenters. The van der Waals surface area contributed by atoms with Crippen LogP contribution >= 0.6 is 0 Å². The highest BCUT2D eigenvalue weighted by atomic mass is 16.3. The van der Waals surface area contributed by atoms with Gasteiger partial charge in [-0.1, -0.05) is 0 Å². The first-order valence-electron chi connectivity index (χ1n) is 3.76. The maximum Gasteiger partial charge on any atom is 0.138 e. The van der Waals surface area contributed by atoms with E-state index < -0.39 is 6.04 Å². The number of aromatic hydroxyl groups is 1. The molecule has 0 saturated heterocycles. The zero-order chi connectivity index (χ0) is 8.97. The molecule has 0 spiro atoms. The average molecular weight is 168 g/mol. The number of aliphatic hydroxyl groups excluding tert-OH is 1. The number of hydrogen-bond acceptors (Lipinski definition) is 4. The second-order valence-corrected chi connectivity index (χ2v) is 2.53. The Bertz CT molecular complexity index is 253. The minimum Gasteiger partial charge on any atom is -0.506 e. The zero-order valence-corrected chi connectivity index (χ0v) is 6.64. The van der Waals surface area contributed by atoms with Crippen molar-refractivity contribution in [3.63, 3.8) is 0 Å². The number of nitrogens with zero attached hydrogens (tertiary/aromatic N) is 1. The largest absolute Gasteiger partial charge is 0.506 e. The van der Waals surface area contributed by atoms with E-state index in [-0.39, 0.29) is 12.4 Å². The summed E-state index contributed by atoms with van der Waals surface area (Å²) in [5, 5.41) is 17.9. The molecular formula is C8H12N2O2. The van der Waals surface area contributed by atoms with Crippen molar-refractivity contribution in [1.82, 2.24) is 4.98 Å². The first kappa shape index (κ1) is 8.96. The molecule has 0 saturated carbocycles. The summed E-state index contributed by atoms with van der Waals surface area (Å²) >= 11 is 0. The summed E-state index contributed by atoms with van der Waals surface area (Å²) in [7, 11) is 0. The Kier molecular flexibility index (Phi) is 3.01. The van der Waals surface area contributed by atoms with Crippen LogP contribution < -0.4 is 5.73 Å². The lowest BCUT2D eigenvalue weighted by Crippen LogP contribution is -2.13. The van der Waals surface area contributed by atoms with Gasteiger partial charge in [0, 0.05) is 12.8 Å². The van der Waals surface area contributed by atoms with E-state index in [0.717, 1.165) is 0 Å². The predicted molar refractivity (Wildman–Crippen MR) is 44.5 cm³/mol. The van der Waals surface area contributed by atoms with Gasteiger partial charge in [-0.25, -0.2) is 0 Å². The molecule has 4 N–H and O–H groups in total. The lowest BCUT2D eigenvalue weighted by atomic mass is 10.1. The fourth-order valence-corrected chi connectivity index (χ4v) is 0.971. The summed E-state index contributed by atoms with van der Waals surface area (Å²) in [5.41, 5.74) is 6.06. The predicted octanol–water partition coefficient (Wildman–Crippen LogP) is 0.169. The van der Waals surface area contributed by atoms with Crippen molar-refractivity contribution < 1.29 is 10.2 Å². The van der Waals surface area contributed by atoms with E-state index in [2.05, 4.69) is 4.98 Å². The highest BCUT2D eigenvalue weighted by Gasteiger charge is 2.10. The van der Waals surface area contributed by atoms with E-state index in [4.69, 9.17) is 10.8 Å².